The van der Waals surface area contributed by atoms with Crippen LogP contribution in [0.1, 0.15) is 0 Å². The van der Waals surface area contributed by atoms with Crippen molar-refractivity contribution in [3.63, 3.8) is 0 Å². The zero-order valence-corrected chi connectivity index (χ0v) is 10.3. The summed E-state index contributed by atoms with van der Waals surface area (Å²) in [5.41, 5.74) is 0.632. The van der Waals surface area contributed by atoms with Gasteiger partial charge in [0.05, 0.1) is 22.4 Å². The van der Waals surface area contributed by atoms with Crippen molar-refractivity contribution in [1.82, 2.24) is 9.97 Å². The highest BCUT2D eigenvalue weighted by Crippen LogP contribution is 2.27. The van der Waals surface area contributed by atoms with Gasteiger partial charge < -0.3 is 4.74 Å². The molecule has 2 rings (SSSR count). The lowest BCUT2D eigenvalue weighted by Crippen LogP contribution is -2.03. The molecule has 0 saturated heterocycles. The minimum Gasteiger partial charge on any atom is -0.432 e. The molecule has 18 heavy (non-hydrogen) atoms. The number of hydrogen-bond acceptors (Lipinski definition) is 3. The first kappa shape index (κ1) is 13.0. The van der Waals surface area contributed by atoms with Gasteiger partial charge in [0.1, 0.15) is 0 Å². The second-order valence-electron chi connectivity index (χ2n) is 3.25. The van der Waals surface area contributed by atoms with Crippen LogP contribution in [0.2, 0.25) is 10.0 Å². The lowest BCUT2D eigenvalue weighted by atomic mass is 10.2. The summed E-state index contributed by atoms with van der Waals surface area (Å²) in [5.74, 6) is 0.240. The third-order valence-electron chi connectivity index (χ3n) is 2.03. The summed E-state index contributed by atoms with van der Waals surface area (Å²) < 4.78 is 28.0. The Hall–Kier alpha value is -1.46. The van der Waals surface area contributed by atoms with Crippen molar-refractivity contribution in [3.05, 3.63) is 40.6 Å². The molecule has 0 aliphatic carbocycles. The van der Waals surface area contributed by atoms with Crippen molar-refractivity contribution in [1.29, 1.82) is 0 Å². The summed E-state index contributed by atoms with van der Waals surface area (Å²) in [6.07, 6.45) is 2.33. The normalized spacial score (nSPS) is 10.7. The molecule has 1 heterocycles. The molecular formula is C11H6Cl2F2N2O. The summed E-state index contributed by atoms with van der Waals surface area (Å²) in [5, 5.41) is 0.781. The maximum Gasteiger partial charge on any atom is 0.387 e. The van der Waals surface area contributed by atoms with E-state index in [1.807, 2.05) is 0 Å². The van der Waals surface area contributed by atoms with Crippen LogP contribution in [0.3, 0.4) is 0 Å². The number of benzene rings is 1. The minimum absolute atomic E-state index is 0.103. The van der Waals surface area contributed by atoms with Gasteiger partial charge in [0.15, 0.2) is 11.6 Å². The van der Waals surface area contributed by atoms with Gasteiger partial charge in [0.2, 0.25) is 0 Å². The molecule has 0 bridgehead atoms. The van der Waals surface area contributed by atoms with E-state index in [0.29, 0.717) is 21.4 Å². The summed E-state index contributed by atoms with van der Waals surface area (Å²) in [6, 6.07) is 4.87. The van der Waals surface area contributed by atoms with Crippen molar-refractivity contribution >= 4 is 23.2 Å². The Morgan fingerprint density at radius 1 is 1.06 bits per heavy atom. The van der Waals surface area contributed by atoms with Crippen molar-refractivity contribution < 1.29 is 13.5 Å². The van der Waals surface area contributed by atoms with Crippen LogP contribution in [-0.2, 0) is 0 Å². The molecular weight excluding hydrogens is 285 g/mol. The number of alkyl halides is 2. The molecule has 0 unspecified atom stereocenters. The Morgan fingerprint density at radius 3 is 2.28 bits per heavy atom. The molecule has 94 valence electrons. The van der Waals surface area contributed by atoms with Gasteiger partial charge >= 0.3 is 6.61 Å². The van der Waals surface area contributed by atoms with Crippen LogP contribution in [-0.4, -0.2) is 16.6 Å². The van der Waals surface area contributed by atoms with E-state index < -0.39 is 6.61 Å². The van der Waals surface area contributed by atoms with E-state index in [4.69, 9.17) is 23.2 Å². The topological polar surface area (TPSA) is 35.0 Å². The average Bonchev–Trinajstić information content (AvgIpc) is 2.33. The number of rotatable bonds is 3. The molecule has 0 spiro atoms. The zero-order chi connectivity index (χ0) is 13.1. The van der Waals surface area contributed by atoms with Gasteiger partial charge in [-0.3, -0.25) is 0 Å². The van der Waals surface area contributed by atoms with Gasteiger partial charge in [0.25, 0.3) is 0 Å². The molecule has 1 aromatic carbocycles. The third kappa shape index (κ3) is 3.05. The molecule has 0 N–H and O–H groups in total. The van der Waals surface area contributed by atoms with Gasteiger partial charge in [-0.15, -0.1) is 0 Å². The third-order valence-corrected chi connectivity index (χ3v) is 2.77. The van der Waals surface area contributed by atoms with Gasteiger partial charge in [-0.1, -0.05) is 23.2 Å². The summed E-state index contributed by atoms with van der Waals surface area (Å²) in [7, 11) is 0. The molecule has 0 aliphatic rings. The van der Waals surface area contributed by atoms with Crippen molar-refractivity contribution in [2.24, 2.45) is 0 Å². The fourth-order valence-electron chi connectivity index (χ4n) is 1.26. The van der Waals surface area contributed by atoms with E-state index in [2.05, 4.69) is 14.7 Å². The van der Waals surface area contributed by atoms with Crippen LogP contribution >= 0.6 is 23.2 Å². The summed E-state index contributed by atoms with van der Waals surface area (Å²) >= 11 is 11.6. The highest BCUT2D eigenvalue weighted by Gasteiger charge is 2.07. The SMILES string of the molecule is FC(F)Oc1cnc(-c2ccc(Cl)c(Cl)c2)nc1. The van der Waals surface area contributed by atoms with Crippen LogP contribution in [0.5, 0.6) is 5.75 Å². The number of aromatic nitrogens is 2. The smallest absolute Gasteiger partial charge is 0.387 e. The van der Waals surface area contributed by atoms with Gasteiger partial charge in [-0.25, -0.2) is 9.97 Å². The second kappa shape index (κ2) is 5.46. The van der Waals surface area contributed by atoms with Crippen molar-refractivity contribution in [2.45, 2.75) is 6.61 Å². The molecule has 0 amide bonds. The Morgan fingerprint density at radius 2 is 1.72 bits per heavy atom. The molecule has 7 heteroatoms. The fourth-order valence-corrected chi connectivity index (χ4v) is 1.56. The highest BCUT2D eigenvalue weighted by molar-refractivity contribution is 6.42. The van der Waals surface area contributed by atoms with Crippen LogP contribution in [0.4, 0.5) is 8.78 Å². The van der Waals surface area contributed by atoms with E-state index in [-0.39, 0.29) is 5.75 Å². The van der Waals surface area contributed by atoms with Crippen LogP contribution in [0, 0.1) is 0 Å². The quantitative estimate of drug-likeness (QED) is 0.855. The summed E-state index contributed by atoms with van der Waals surface area (Å²) in [6.45, 7) is -2.90. The highest BCUT2D eigenvalue weighted by atomic mass is 35.5. The Labute approximate surface area is 111 Å². The van der Waals surface area contributed by atoms with Gasteiger partial charge in [0, 0.05) is 5.56 Å². The second-order valence-corrected chi connectivity index (χ2v) is 4.06. The predicted molar refractivity (Wildman–Crippen MR) is 64.1 cm³/mol. The van der Waals surface area contributed by atoms with Crippen LogP contribution < -0.4 is 4.74 Å². The first-order chi connectivity index (χ1) is 8.56. The lowest BCUT2D eigenvalue weighted by Gasteiger charge is -2.05. The number of nitrogens with zero attached hydrogens (tertiary/aromatic N) is 2. The Balaban J connectivity index is 2.25. The van der Waals surface area contributed by atoms with Crippen molar-refractivity contribution in [2.75, 3.05) is 0 Å². The van der Waals surface area contributed by atoms with Gasteiger partial charge in [-0.05, 0) is 18.2 Å². The maximum atomic E-state index is 11.9. The van der Waals surface area contributed by atoms with E-state index in [1.54, 1.807) is 18.2 Å². The number of halogens is 4. The fraction of sp³-hybridized carbons (Fsp3) is 0.0909. The largest absolute Gasteiger partial charge is 0.432 e. The predicted octanol–water partition coefficient (Wildman–Crippen LogP) is 4.05. The molecule has 3 nitrogen and oxygen atoms in total. The monoisotopic (exact) mass is 290 g/mol. The van der Waals surface area contributed by atoms with Crippen LogP contribution in [0.15, 0.2) is 30.6 Å². The zero-order valence-electron chi connectivity index (χ0n) is 8.78. The van der Waals surface area contributed by atoms with Crippen molar-refractivity contribution in [3.8, 4) is 17.1 Å². The maximum absolute atomic E-state index is 11.9. The van der Waals surface area contributed by atoms with E-state index in [0.717, 1.165) is 12.4 Å². The summed E-state index contributed by atoms with van der Waals surface area (Å²) in [4.78, 5) is 7.80. The lowest BCUT2D eigenvalue weighted by molar-refractivity contribution is -0.0503. The minimum atomic E-state index is -2.90. The molecule has 1 aromatic heterocycles. The molecule has 0 atom stereocenters. The molecule has 2 aromatic rings. The Kier molecular flexibility index (Phi) is 3.93. The number of ether oxygens (including phenoxy) is 1. The number of hydrogen-bond donors (Lipinski definition) is 0. The van der Waals surface area contributed by atoms with E-state index in [9.17, 15) is 8.78 Å². The van der Waals surface area contributed by atoms with E-state index >= 15 is 0 Å². The first-order valence-electron chi connectivity index (χ1n) is 4.78. The molecule has 0 fully saturated rings. The van der Waals surface area contributed by atoms with Gasteiger partial charge in [-0.2, -0.15) is 8.78 Å². The molecule has 0 radical (unpaired) electrons. The molecule has 0 aliphatic heterocycles. The Bertz CT molecular complexity index is 549. The molecule has 0 saturated carbocycles. The standard InChI is InChI=1S/C11H6Cl2F2N2O/c12-8-2-1-6(3-9(8)13)10-16-4-7(5-17-10)18-11(14)15/h1-5,11H. The first-order valence-corrected chi connectivity index (χ1v) is 5.54. The van der Waals surface area contributed by atoms with Crippen LogP contribution in [0.25, 0.3) is 11.4 Å². The average molecular weight is 291 g/mol. The van der Waals surface area contributed by atoms with E-state index in [1.165, 1.54) is 0 Å².